The third kappa shape index (κ3) is 1.57. The van der Waals surface area contributed by atoms with E-state index >= 15 is 0 Å². The first-order valence-corrected chi connectivity index (χ1v) is 4.49. The average Bonchev–Trinajstić information content (AvgIpc) is 2.16. The first-order valence-electron chi connectivity index (χ1n) is 4.49. The minimum Gasteiger partial charge on any atom is -0.497 e. The molecule has 0 aliphatic carbocycles. The van der Waals surface area contributed by atoms with Gasteiger partial charge in [0.15, 0.2) is 0 Å². The molecule has 0 fully saturated rings. The lowest BCUT2D eigenvalue weighted by Gasteiger charge is -2.15. The van der Waals surface area contributed by atoms with Crippen LogP contribution in [0.3, 0.4) is 0 Å². The van der Waals surface area contributed by atoms with Gasteiger partial charge < -0.3 is 4.74 Å². The summed E-state index contributed by atoms with van der Waals surface area (Å²) in [6, 6.07) is 6.53. The molecule has 2 nitrogen and oxygen atoms in total. The largest absolute Gasteiger partial charge is 0.497 e. The zero-order chi connectivity index (χ0) is 9.26. The number of rotatable bonds is 1. The van der Waals surface area contributed by atoms with E-state index in [1.807, 2.05) is 12.3 Å². The first kappa shape index (κ1) is 8.30. The second-order valence-corrected chi connectivity index (χ2v) is 3.40. The van der Waals surface area contributed by atoms with Crippen molar-refractivity contribution >= 4 is 6.21 Å². The summed E-state index contributed by atoms with van der Waals surface area (Å²) in [5.74, 6) is 0.932. The number of benzene rings is 1. The van der Waals surface area contributed by atoms with Crippen molar-refractivity contribution in [3.8, 4) is 5.75 Å². The third-order valence-corrected chi connectivity index (χ3v) is 2.33. The van der Waals surface area contributed by atoms with E-state index in [2.05, 4.69) is 24.0 Å². The monoisotopic (exact) mass is 175 g/mol. The van der Waals surface area contributed by atoms with Gasteiger partial charge in [-0.2, -0.15) is 0 Å². The van der Waals surface area contributed by atoms with Crippen LogP contribution < -0.4 is 4.74 Å². The van der Waals surface area contributed by atoms with Gasteiger partial charge in [0.1, 0.15) is 5.75 Å². The molecule has 1 heterocycles. The van der Waals surface area contributed by atoms with Gasteiger partial charge in [0.05, 0.1) is 13.2 Å². The van der Waals surface area contributed by atoms with Crippen molar-refractivity contribution in [3.05, 3.63) is 29.3 Å². The highest BCUT2D eigenvalue weighted by atomic mass is 16.5. The normalized spacial score (nSPS) is 19.7. The highest BCUT2D eigenvalue weighted by Crippen LogP contribution is 2.21. The standard InChI is InChI=1S/C11H13NO/c1-8-5-10-6-11(13-2)4-3-9(10)7-12-8/h3-4,6-8H,5H2,1-2H3. The van der Waals surface area contributed by atoms with Crippen molar-refractivity contribution in [2.45, 2.75) is 19.4 Å². The summed E-state index contributed by atoms with van der Waals surface area (Å²) in [5.41, 5.74) is 2.56. The molecule has 0 bridgehead atoms. The molecule has 0 saturated heterocycles. The minimum atomic E-state index is 0.402. The Kier molecular flexibility index (Phi) is 2.05. The van der Waals surface area contributed by atoms with Crippen molar-refractivity contribution in [2.24, 2.45) is 4.99 Å². The van der Waals surface area contributed by atoms with Gasteiger partial charge in [-0.25, -0.2) is 0 Å². The number of aliphatic imine (C=N–C) groups is 1. The summed E-state index contributed by atoms with van der Waals surface area (Å²) in [6.45, 7) is 2.12. The molecule has 2 heteroatoms. The third-order valence-electron chi connectivity index (χ3n) is 2.33. The SMILES string of the molecule is COc1ccc2c(c1)CC(C)N=C2. The van der Waals surface area contributed by atoms with E-state index in [0.29, 0.717) is 6.04 Å². The van der Waals surface area contributed by atoms with Gasteiger partial charge in [-0.3, -0.25) is 4.99 Å². The second-order valence-electron chi connectivity index (χ2n) is 3.40. The molecule has 1 aromatic rings. The lowest BCUT2D eigenvalue weighted by Crippen LogP contribution is -2.11. The van der Waals surface area contributed by atoms with Crippen molar-refractivity contribution in [3.63, 3.8) is 0 Å². The highest BCUT2D eigenvalue weighted by Gasteiger charge is 2.10. The highest BCUT2D eigenvalue weighted by molar-refractivity contribution is 5.83. The fourth-order valence-electron chi connectivity index (χ4n) is 1.59. The van der Waals surface area contributed by atoms with Gasteiger partial charge in [0, 0.05) is 6.21 Å². The van der Waals surface area contributed by atoms with Crippen LogP contribution in [-0.4, -0.2) is 19.4 Å². The zero-order valence-electron chi connectivity index (χ0n) is 7.95. The Balaban J connectivity index is 2.40. The number of nitrogens with zero attached hydrogens (tertiary/aromatic N) is 1. The summed E-state index contributed by atoms with van der Waals surface area (Å²) in [6.07, 6.45) is 2.96. The fraction of sp³-hybridized carbons (Fsp3) is 0.364. The first-order chi connectivity index (χ1) is 6.29. The smallest absolute Gasteiger partial charge is 0.119 e. The number of hydrogen-bond acceptors (Lipinski definition) is 2. The summed E-state index contributed by atoms with van der Waals surface area (Å²) in [5, 5.41) is 0. The summed E-state index contributed by atoms with van der Waals surface area (Å²) in [7, 11) is 1.70. The van der Waals surface area contributed by atoms with Crippen LogP contribution >= 0.6 is 0 Å². The van der Waals surface area contributed by atoms with Gasteiger partial charge in [-0.15, -0.1) is 0 Å². The van der Waals surface area contributed by atoms with E-state index in [-0.39, 0.29) is 0 Å². The van der Waals surface area contributed by atoms with Crippen molar-refractivity contribution < 1.29 is 4.74 Å². The molecule has 0 radical (unpaired) electrons. The van der Waals surface area contributed by atoms with Crippen LogP contribution in [0.25, 0.3) is 0 Å². The Hall–Kier alpha value is -1.31. The molecule has 0 N–H and O–H groups in total. The van der Waals surface area contributed by atoms with Crippen molar-refractivity contribution in [1.29, 1.82) is 0 Å². The van der Waals surface area contributed by atoms with Crippen molar-refractivity contribution in [1.82, 2.24) is 0 Å². The summed E-state index contributed by atoms with van der Waals surface area (Å²) >= 11 is 0. The van der Waals surface area contributed by atoms with Crippen LogP contribution in [0.5, 0.6) is 5.75 Å². The molecule has 0 amide bonds. The molecule has 2 rings (SSSR count). The molecule has 1 aromatic carbocycles. The average molecular weight is 175 g/mol. The van der Waals surface area contributed by atoms with Crippen LogP contribution in [0.2, 0.25) is 0 Å². The van der Waals surface area contributed by atoms with Gasteiger partial charge in [-0.05, 0) is 42.7 Å². The quantitative estimate of drug-likeness (QED) is 0.640. The minimum absolute atomic E-state index is 0.402. The predicted molar refractivity (Wildman–Crippen MR) is 53.8 cm³/mol. The van der Waals surface area contributed by atoms with E-state index in [1.54, 1.807) is 7.11 Å². The molecular weight excluding hydrogens is 162 g/mol. The van der Waals surface area contributed by atoms with Crippen LogP contribution in [0.1, 0.15) is 18.1 Å². The topological polar surface area (TPSA) is 21.6 Å². The molecule has 0 saturated carbocycles. The molecule has 1 unspecified atom stereocenters. The molecule has 1 aliphatic rings. The number of ether oxygens (including phenoxy) is 1. The van der Waals surface area contributed by atoms with Crippen molar-refractivity contribution in [2.75, 3.05) is 7.11 Å². The Morgan fingerprint density at radius 1 is 1.46 bits per heavy atom. The molecule has 13 heavy (non-hydrogen) atoms. The molecule has 0 aromatic heterocycles. The zero-order valence-corrected chi connectivity index (χ0v) is 7.95. The maximum Gasteiger partial charge on any atom is 0.119 e. The molecule has 68 valence electrons. The van der Waals surface area contributed by atoms with Gasteiger partial charge in [-0.1, -0.05) is 0 Å². The molecule has 1 aliphatic heterocycles. The van der Waals surface area contributed by atoms with Gasteiger partial charge in [0.25, 0.3) is 0 Å². The van der Waals surface area contributed by atoms with E-state index < -0.39 is 0 Å². The Morgan fingerprint density at radius 3 is 3.08 bits per heavy atom. The van der Waals surface area contributed by atoms with Crippen LogP contribution in [0.4, 0.5) is 0 Å². The van der Waals surface area contributed by atoms with Gasteiger partial charge in [0.2, 0.25) is 0 Å². The Labute approximate surface area is 78.3 Å². The predicted octanol–water partition coefficient (Wildman–Crippen LogP) is 2.06. The second kappa shape index (κ2) is 3.21. The molecule has 0 spiro atoms. The number of hydrogen-bond donors (Lipinski definition) is 0. The molecular formula is C11H13NO. The van der Waals surface area contributed by atoms with Gasteiger partial charge >= 0.3 is 0 Å². The van der Waals surface area contributed by atoms with E-state index in [4.69, 9.17) is 4.74 Å². The number of methoxy groups -OCH3 is 1. The number of fused-ring (bicyclic) bond motifs is 1. The summed E-state index contributed by atoms with van der Waals surface area (Å²) < 4.78 is 5.17. The lowest BCUT2D eigenvalue weighted by molar-refractivity contribution is 0.414. The Morgan fingerprint density at radius 2 is 2.31 bits per heavy atom. The van der Waals surface area contributed by atoms with Crippen LogP contribution in [-0.2, 0) is 6.42 Å². The fourth-order valence-corrected chi connectivity index (χ4v) is 1.59. The van der Waals surface area contributed by atoms with E-state index in [0.717, 1.165) is 12.2 Å². The van der Waals surface area contributed by atoms with E-state index in [1.165, 1.54) is 11.1 Å². The van der Waals surface area contributed by atoms with E-state index in [9.17, 15) is 0 Å². The van der Waals surface area contributed by atoms with Crippen LogP contribution in [0, 0.1) is 0 Å². The Bertz CT molecular complexity index is 344. The molecule has 1 atom stereocenters. The maximum absolute atomic E-state index is 5.17. The lowest BCUT2D eigenvalue weighted by atomic mass is 9.99. The van der Waals surface area contributed by atoms with Crippen LogP contribution in [0.15, 0.2) is 23.2 Å². The summed E-state index contributed by atoms with van der Waals surface area (Å²) in [4.78, 5) is 4.36. The maximum atomic E-state index is 5.17.